The zero-order valence-electron chi connectivity index (χ0n) is 45.8. The van der Waals surface area contributed by atoms with Crippen LogP contribution in [0.1, 0.15) is 198 Å². The van der Waals surface area contributed by atoms with Gasteiger partial charge >= 0.3 is 0 Å². The van der Waals surface area contributed by atoms with Crippen LogP contribution in [0, 0.1) is 0 Å². The number of hydrogen-bond donors (Lipinski definition) is 2. The van der Waals surface area contributed by atoms with E-state index in [1.165, 1.54) is 135 Å². The summed E-state index contributed by atoms with van der Waals surface area (Å²) in [5, 5.41) is 0. The van der Waals surface area contributed by atoms with Gasteiger partial charge < -0.3 is 24.2 Å². The van der Waals surface area contributed by atoms with Crippen molar-refractivity contribution in [3.8, 4) is 50.6 Å². The number of aromatic amines is 2. The van der Waals surface area contributed by atoms with Crippen molar-refractivity contribution >= 4 is 46.4 Å². The number of ether oxygens (including phenoxy) is 3. The van der Waals surface area contributed by atoms with Gasteiger partial charge in [-0.1, -0.05) is 210 Å². The molecule has 0 saturated heterocycles. The fourth-order valence-electron chi connectivity index (χ4n) is 10.6. The largest absolute Gasteiger partial charge is 0.493 e. The summed E-state index contributed by atoms with van der Waals surface area (Å²) >= 11 is 0. The Morgan fingerprint density at radius 2 is 0.667 bits per heavy atom. The van der Waals surface area contributed by atoms with Crippen LogP contribution < -0.4 is 14.2 Å². The second-order valence-electron chi connectivity index (χ2n) is 20.8. The number of aromatic nitrogens is 4. The predicted molar refractivity (Wildman–Crippen MR) is 319 cm³/mol. The minimum atomic E-state index is 0.660. The molecule has 7 nitrogen and oxygen atoms in total. The van der Waals surface area contributed by atoms with Crippen molar-refractivity contribution < 1.29 is 14.2 Å². The van der Waals surface area contributed by atoms with Gasteiger partial charge in [0.2, 0.25) is 0 Å². The third-order valence-electron chi connectivity index (χ3n) is 14.8. The number of benzene rings is 3. The minimum Gasteiger partial charge on any atom is -0.493 e. The third-order valence-corrected chi connectivity index (χ3v) is 14.8. The van der Waals surface area contributed by atoms with E-state index in [0.717, 1.165) is 115 Å². The molecule has 75 heavy (non-hydrogen) atoms. The Morgan fingerprint density at radius 3 is 1.08 bits per heavy atom. The molecule has 5 heterocycles. The number of H-pyrrole nitrogens is 2. The molecular formula is C68H86N4O3. The number of fused-ring (bicyclic) bond motifs is 8. The first-order chi connectivity index (χ1) is 37.1. The molecule has 8 bridgehead atoms. The van der Waals surface area contributed by atoms with Crippen molar-refractivity contribution in [1.82, 2.24) is 19.9 Å². The maximum Gasteiger partial charge on any atom is 0.127 e. The molecule has 0 spiro atoms. The molecule has 2 aliphatic heterocycles. The molecule has 3 aromatic carbocycles. The highest BCUT2D eigenvalue weighted by molar-refractivity contribution is 5.99. The third kappa shape index (κ3) is 15.9. The van der Waals surface area contributed by atoms with E-state index in [4.69, 9.17) is 24.2 Å². The highest BCUT2D eigenvalue weighted by Gasteiger charge is 2.21. The second-order valence-corrected chi connectivity index (χ2v) is 20.8. The van der Waals surface area contributed by atoms with Crippen molar-refractivity contribution in [2.45, 2.75) is 175 Å². The summed E-state index contributed by atoms with van der Waals surface area (Å²) in [6.45, 7) is 8.84. The molecule has 7 heteroatoms. The van der Waals surface area contributed by atoms with E-state index >= 15 is 0 Å². The molecule has 0 fully saturated rings. The van der Waals surface area contributed by atoms with Crippen LogP contribution in [-0.4, -0.2) is 39.8 Å². The molecule has 396 valence electrons. The van der Waals surface area contributed by atoms with E-state index < -0.39 is 0 Å². The highest BCUT2D eigenvalue weighted by Crippen LogP contribution is 2.42. The SMILES string of the molecule is CCCCCCCCCCOc1ccccc1-c1c2nc(c(-c3ccccc3OCCCCCCCCCC)c3ccc([nH]3)c(-c3ccccc3OCCCCCCCCCC)c3nc(cc4ccc1[nH]4)C=C3)C=C2. The average molecular weight is 1010 g/mol. The summed E-state index contributed by atoms with van der Waals surface area (Å²) in [6, 6.07) is 36.2. The molecule has 3 aromatic heterocycles. The van der Waals surface area contributed by atoms with Crippen LogP contribution in [0.4, 0.5) is 0 Å². The van der Waals surface area contributed by atoms with Crippen molar-refractivity contribution in [3.05, 3.63) is 126 Å². The predicted octanol–water partition coefficient (Wildman–Crippen LogP) is 20.2. The molecule has 2 N–H and O–H groups in total. The summed E-state index contributed by atoms with van der Waals surface area (Å²) in [7, 11) is 0. The first kappa shape index (κ1) is 54.9. The fraction of sp³-hybridized carbons (Fsp3) is 0.441. The van der Waals surface area contributed by atoms with Gasteiger partial charge in [-0.3, -0.25) is 0 Å². The summed E-state index contributed by atoms with van der Waals surface area (Å²) < 4.78 is 20.1. The minimum absolute atomic E-state index is 0.660. The Labute approximate surface area is 449 Å². The Kier molecular flexibility index (Phi) is 22.2. The summed E-state index contributed by atoms with van der Waals surface area (Å²) in [6.07, 6.45) is 38.7. The quantitative estimate of drug-likeness (QED) is 0.0401. The average Bonchev–Trinajstić information content (AvgIpc) is 4.31. The van der Waals surface area contributed by atoms with Gasteiger partial charge in [-0.2, -0.15) is 0 Å². The van der Waals surface area contributed by atoms with Crippen LogP contribution >= 0.6 is 0 Å². The first-order valence-electron chi connectivity index (χ1n) is 29.4. The van der Waals surface area contributed by atoms with Crippen LogP contribution in [0.2, 0.25) is 0 Å². The van der Waals surface area contributed by atoms with Gasteiger partial charge in [-0.05, 0) is 92.1 Å². The highest BCUT2D eigenvalue weighted by atomic mass is 16.5. The van der Waals surface area contributed by atoms with Gasteiger partial charge in [0.25, 0.3) is 0 Å². The molecule has 0 radical (unpaired) electrons. The monoisotopic (exact) mass is 1010 g/mol. The lowest BCUT2D eigenvalue weighted by Gasteiger charge is -2.14. The molecule has 0 aliphatic carbocycles. The van der Waals surface area contributed by atoms with E-state index in [2.05, 4.69) is 158 Å². The second kappa shape index (κ2) is 30.3. The standard InChI is InChI=1S/C68H86N4O3/c1-4-7-10-13-16-19-22-31-48-73-63-37-28-25-34-54(63)66-57-42-40-52(69-57)51-53-41-43-58(70-53)67(55-35-26-29-38-64(55)74-49-32-23-20-17-14-11-8-5-2)60-45-47-62(72-60)68(61-46-44-59(66)71-61)56-36-27-30-39-65(56)75-50-33-24-21-18-15-12-9-6-3/h25-30,34-47,51,69,72H,4-24,31-33,48-50H2,1-3H3. The molecule has 0 amide bonds. The van der Waals surface area contributed by atoms with E-state index in [9.17, 15) is 0 Å². The van der Waals surface area contributed by atoms with Crippen LogP contribution in [0.25, 0.3) is 79.8 Å². The normalized spacial score (nSPS) is 11.9. The number of hydrogen-bond acceptors (Lipinski definition) is 5. The van der Waals surface area contributed by atoms with Gasteiger partial charge in [0.05, 0.1) is 42.6 Å². The van der Waals surface area contributed by atoms with Crippen LogP contribution in [0.5, 0.6) is 17.2 Å². The number of nitrogens with zero attached hydrogens (tertiary/aromatic N) is 2. The van der Waals surface area contributed by atoms with Gasteiger partial charge in [0.1, 0.15) is 17.2 Å². The van der Waals surface area contributed by atoms with E-state index in [-0.39, 0.29) is 0 Å². The van der Waals surface area contributed by atoms with Crippen LogP contribution in [-0.2, 0) is 0 Å². The van der Waals surface area contributed by atoms with Crippen molar-refractivity contribution in [1.29, 1.82) is 0 Å². The molecule has 0 unspecified atom stereocenters. The van der Waals surface area contributed by atoms with Gasteiger partial charge in [0.15, 0.2) is 0 Å². The topological polar surface area (TPSA) is 85.1 Å². The smallest absolute Gasteiger partial charge is 0.127 e. The van der Waals surface area contributed by atoms with Gasteiger partial charge in [-0.25, -0.2) is 9.97 Å². The lowest BCUT2D eigenvalue weighted by molar-refractivity contribution is 0.305. The zero-order chi connectivity index (χ0) is 51.7. The molecular weight excluding hydrogens is 921 g/mol. The van der Waals surface area contributed by atoms with Gasteiger partial charge in [-0.15, -0.1) is 0 Å². The zero-order valence-corrected chi connectivity index (χ0v) is 45.8. The van der Waals surface area contributed by atoms with E-state index in [1.807, 2.05) is 0 Å². The number of nitrogens with one attached hydrogen (secondary N) is 2. The summed E-state index contributed by atoms with van der Waals surface area (Å²) in [4.78, 5) is 18.7. The number of para-hydroxylation sites is 3. The Balaban J connectivity index is 1.21. The molecule has 8 rings (SSSR count). The lowest BCUT2D eigenvalue weighted by Crippen LogP contribution is -2.00. The number of unbranched alkanes of at least 4 members (excludes halogenated alkanes) is 21. The maximum atomic E-state index is 6.77. The van der Waals surface area contributed by atoms with Gasteiger partial charge in [0, 0.05) is 55.4 Å². The Bertz CT molecular complexity index is 2860. The summed E-state index contributed by atoms with van der Waals surface area (Å²) in [5.41, 5.74) is 13.2. The summed E-state index contributed by atoms with van der Waals surface area (Å²) in [5.74, 6) is 2.57. The fourth-order valence-corrected chi connectivity index (χ4v) is 10.6. The Hall–Kier alpha value is -6.34. The van der Waals surface area contributed by atoms with Crippen molar-refractivity contribution in [2.24, 2.45) is 0 Å². The molecule has 6 aromatic rings. The maximum absolute atomic E-state index is 6.77. The first-order valence-corrected chi connectivity index (χ1v) is 29.4. The number of rotatable bonds is 33. The molecule has 0 atom stereocenters. The van der Waals surface area contributed by atoms with Crippen LogP contribution in [0.3, 0.4) is 0 Å². The van der Waals surface area contributed by atoms with Crippen molar-refractivity contribution in [3.63, 3.8) is 0 Å². The van der Waals surface area contributed by atoms with E-state index in [1.54, 1.807) is 0 Å². The van der Waals surface area contributed by atoms with E-state index in [0.29, 0.717) is 19.8 Å². The molecule has 2 aliphatic rings. The Morgan fingerprint density at radius 1 is 0.333 bits per heavy atom. The lowest BCUT2D eigenvalue weighted by atomic mass is 10.0. The molecule has 0 saturated carbocycles. The van der Waals surface area contributed by atoms with Crippen LogP contribution in [0.15, 0.2) is 103 Å². The van der Waals surface area contributed by atoms with Crippen molar-refractivity contribution in [2.75, 3.05) is 19.8 Å².